The summed E-state index contributed by atoms with van der Waals surface area (Å²) >= 11 is 5.38. The van der Waals surface area contributed by atoms with Gasteiger partial charge >= 0.3 is 11.9 Å². The SMILES string of the molecule is CC(CCCNC(=S)NCCCC(C)(CC(=O)O)c1ccccc1)(CC(=O)O)c1ccccc1. The van der Waals surface area contributed by atoms with E-state index in [-0.39, 0.29) is 12.8 Å². The van der Waals surface area contributed by atoms with Crippen molar-refractivity contribution < 1.29 is 19.8 Å². The molecule has 0 aromatic heterocycles. The molecule has 0 radical (unpaired) electrons. The van der Waals surface area contributed by atoms with Gasteiger partial charge in [-0.15, -0.1) is 0 Å². The van der Waals surface area contributed by atoms with E-state index in [1.165, 1.54) is 0 Å². The molecule has 0 spiro atoms. The van der Waals surface area contributed by atoms with Gasteiger partial charge in [0.15, 0.2) is 5.11 Å². The number of benzene rings is 2. The van der Waals surface area contributed by atoms with E-state index in [4.69, 9.17) is 12.2 Å². The first-order valence-electron chi connectivity index (χ1n) is 11.7. The number of aliphatic carboxylic acids is 2. The van der Waals surface area contributed by atoms with Crippen molar-refractivity contribution in [1.29, 1.82) is 0 Å². The third kappa shape index (κ3) is 8.78. The molecule has 0 aliphatic heterocycles. The first kappa shape index (κ1) is 27.3. The first-order chi connectivity index (χ1) is 16.1. The fourth-order valence-corrected chi connectivity index (χ4v) is 4.65. The van der Waals surface area contributed by atoms with Crippen LogP contribution in [0.15, 0.2) is 60.7 Å². The lowest BCUT2D eigenvalue weighted by atomic mass is 9.76. The van der Waals surface area contributed by atoms with Gasteiger partial charge in [0.25, 0.3) is 0 Å². The molecule has 0 fully saturated rings. The molecule has 0 aliphatic rings. The van der Waals surface area contributed by atoms with E-state index < -0.39 is 22.8 Å². The number of nitrogens with one attached hydrogen (secondary N) is 2. The van der Waals surface area contributed by atoms with Gasteiger partial charge in [-0.1, -0.05) is 74.5 Å². The summed E-state index contributed by atoms with van der Waals surface area (Å²) in [5.74, 6) is -1.61. The minimum absolute atomic E-state index is 0.0796. The lowest BCUT2D eigenvalue weighted by Crippen LogP contribution is -2.37. The van der Waals surface area contributed by atoms with Crippen LogP contribution in [0.4, 0.5) is 0 Å². The molecule has 4 N–H and O–H groups in total. The Labute approximate surface area is 207 Å². The molecule has 2 unspecified atom stereocenters. The zero-order valence-corrected chi connectivity index (χ0v) is 20.9. The van der Waals surface area contributed by atoms with Crippen LogP contribution in [0.3, 0.4) is 0 Å². The summed E-state index contributed by atoms with van der Waals surface area (Å²) in [6.45, 7) is 5.28. The number of hydrogen-bond donors (Lipinski definition) is 4. The predicted octanol–water partition coefficient (Wildman–Crippen LogP) is 4.88. The van der Waals surface area contributed by atoms with Gasteiger partial charge in [0.05, 0.1) is 12.8 Å². The second-order valence-electron chi connectivity index (χ2n) is 9.38. The summed E-state index contributed by atoms with van der Waals surface area (Å²) < 4.78 is 0. The molecule has 2 rings (SSSR count). The molecule has 0 saturated heterocycles. The molecule has 0 saturated carbocycles. The van der Waals surface area contributed by atoms with Crippen molar-refractivity contribution in [2.45, 2.75) is 63.2 Å². The quantitative estimate of drug-likeness (QED) is 0.224. The third-order valence-electron chi connectivity index (χ3n) is 6.41. The predicted molar refractivity (Wildman–Crippen MR) is 139 cm³/mol. The molecule has 0 amide bonds. The second kappa shape index (κ2) is 13.1. The lowest BCUT2D eigenvalue weighted by molar-refractivity contribution is -0.139. The molecular formula is C27H36N2O4S. The molecule has 6 nitrogen and oxygen atoms in total. The minimum Gasteiger partial charge on any atom is -0.481 e. The van der Waals surface area contributed by atoms with Crippen LogP contribution in [0.5, 0.6) is 0 Å². The highest BCUT2D eigenvalue weighted by molar-refractivity contribution is 7.80. The number of rotatable bonds is 14. The minimum atomic E-state index is -0.804. The molecule has 2 atom stereocenters. The van der Waals surface area contributed by atoms with Crippen LogP contribution < -0.4 is 10.6 Å². The normalized spacial score (nSPS) is 14.4. The molecule has 0 heterocycles. The van der Waals surface area contributed by atoms with Gasteiger partial charge < -0.3 is 20.8 Å². The standard InChI is InChI=1S/C27H36N2O4S/c1-26(19-23(30)31,21-11-5-3-6-12-21)15-9-17-28-25(34)29-18-10-16-27(2,20-24(32)33)22-13-7-4-8-14-22/h3-8,11-14H,9-10,15-20H2,1-2H3,(H,30,31)(H,32,33)(H2,28,29,34). The van der Waals surface area contributed by atoms with E-state index in [9.17, 15) is 19.8 Å². The Morgan fingerprint density at radius 2 is 1.09 bits per heavy atom. The average Bonchev–Trinajstić information content (AvgIpc) is 2.80. The molecular weight excluding hydrogens is 448 g/mol. The van der Waals surface area contributed by atoms with Gasteiger partial charge in [0, 0.05) is 23.9 Å². The van der Waals surface area contributed by atoms with Crippen molar-refractivity contribution in [3.63, 3.8) is 0 Å². The Kier molecular flexibility index (Phi) is 10.5. The van der Waals surface area contributed by atoms with Crippen LogP contribution in [0, 0.1) is 0 Å². The Morgan fingerprint density at radius 1 is 0.735 bits per heavy atom. The van der Waals surface area contributed by atoms with E-state index in [0.717, 1.165) is 36.8 Å². The number of carbonyl (C=O) groups is 2. The molecule has 7 heteroatoms. The van der Waals surface area contributed by atoms with Crippen LogP contribution in [0.1, 0.15) is 63.5 Å². The van der Waals surface area contributed by atoms with Crippen LogP contribution in [-0.4, -0.2) is 40.4 Å². The van der Waals surface area contributed by atoms with E-state index in [1.54, 1.807) is 0 Å². The maximum atomic E-state index is 11.4. The van der Waals surface area contributed by atoms with Crippen molar-refractivity contribution in [3.8, 4) is 0 Å². The maximum Gasteiger partial charge on any atom is 0.304 e. The van der Waals surface area contributed by atoms with E-state index in [2.05, 4.69) is 10.6 Å². The van der Waals surface area contributed by atoms with Crippen molar-refractivity contribution in [2.24, 2.45) is 0 Å². The highest BCUT2D eigenvalue weighted by Gasteiger charge is 2.30. The second-order valence-corrected chi connectivity index (χ2v) is 9.79. The molecule has 2 aromatic rings. The Balaban J connectivity index is 1.76. The zero-order valence-electron chi connectivity index (χ0n) is 20.0. The van der Waals surface area contributed by atoms with Crippen molar-refractivity contribution in [2.75, 3.05) is 13.1 Å². The van der Waals surface area contributed by atoms with Gasteiger partial charge in [-0.05, 0) is 49.0 Å². The lowest BCUT2D eigenvalue weighted by Gasteiger charge is -2.29. The fraction of sp³-hybridized carbons (Fsp3) is 0.444. The number of hydrogen-bond acceptors (Lipinski definition) is 3. The van der Waals surface area contributed by atoms with Crippen molar-refractivity contribution in [3.05, 3.63) is 71.8 Å². The first-order valence-corrected chi connectivity index (χ1v) is 12.1. The Morgan fingerprint density at radius 3 is 1.41 bits per heavy atom. The van der Waals surface area contributed by atoms with E-state index in [1.807, 2.05) is 74.5 Å². The summed E-state index contributed by atoms with van der Waals surface area (Å²) in [5, 5.41) is 25.7. The third-order valence-corrected chi connectivity index (χ3v) is 6.69. The van der Waals surface area contributed by atoms with Crippen molar-refractivity contribution >= 4 is 29.3 Å². The zero-order chi connectivity index (χ0) is 25.0. The van der Waals surface area contributed by atoms with Gasteiger partial charge in [0.2, 0.25) is 0 Å². The number of thiocarbonyl (C=S) groups is 1. The molecule has 184 valence electrons. The Hall–Kier alpha value is -2.93. The molecule has 0 bridgehead atoms. The summed E-state index contributed by atoms with van der Waals surface area (Å²) in [4.78, 5) is 22.8. The van der Waals surface area contributed by atoms with Gasteiger partial charge in [-0.2, -0.15) is 0 Å². The Bertz CT molecular complexity index is 863. The van der Waals surface area contributed by atoms with Gasteiger partial charge in [-0.3, -0.25) is 9.59 Å². The van der Waals surface area contributed by atoms with Crippen LogP contribution in [0.2, 0.25) is 0 Å². The molecule has 2 aromatic carbocycles. The topological polar surface area (TPSA) is 98.7 Å². The number of carboxylic acids is 2. The van der Waals surface area contributed by atoms with E-state index in [0.29, 0.717) is 18.2 Å². The average molecular weight is 485 g/mol. The molecule has 34 heavy (non-hydrogen) atoms. The van der Waals surface area contributed by atoms with Gasteiger partial charge in [0.1, 0.15) is 0 Å². The summed E-state index contributed by atoms with van der Waals surface area (Å²) in [6.07, 6.45) is 3.18. The van der Waals surface area contributed by atoms with Crippen LogP contribution in [0.25, 0.3) is 0 Å². The van der Waals surface area contributed by atoms with Crippen LogP contribution >= 0.6 is 12.2 Å². The smallest absolute Gasteiger partial charge is 0.304 e. The highest BCUT2D eigenvalue weighted by atomic mass is 32.1. The van der Waals surface area contributed by atoms with Gasteiger partial charge in [-0.25, -0.2) is 0 Å². The summed E-state index contributed by atoms with van der Waals surface area (Å²) in [7, 11) is 0. The molecule has 0 aliphatic carbocycles. The van der Waals surface area contributed by atoms with Crippen LogP contribution in [-0.2, 0) is 20.4 Å². The number of carboxylic acid groups (broad SMARTS) is 2. The summed E-state index contributed by atoms with van der Waals surface area (Å²) in [5.41, 5.74) is 1.19. The van der Waals surface area contributed by atoms with Crippen molar-refractivity contribution in [1.82, 2.24) is 10.6 Å². The largest absolute Gasteiger partial charge is 0.481 e. The highest BCUT2D eigenvalue weighted by Crippen LogP contribution is 2.33. The fourth-order valence-electron chi connectivity index (χ4n) is 4.44. The maximum absolute atomic E-state index is 11.4. The van der Waals surface area contributed by atoms with E-state index >= 15 is 0 Å². The monoisotopic (exact) mass is 484 g/mol. The summed E-state index contributed by atoms with van der Waals surface area (Å²) in [6, 6.07) is 19.5.